The summed E-state index contributed by atoms with van der Waals surface area (Å²) in [6, 6.07) is 10.8. The number of amides is 1. The van der Waals surface area contributed by atoms with E-state index < -0.39 is 0 Å². The molecule has 4 N–H and O–H groups in total. The molecule has 4 nitrogen and oxygen atoms in total. The zero-order valence-electron chi connectivity index (χ0n) is 11.9. The van der Waals surface area contributed by atoms with E-state index >= 15 is 0 Å². The Morgan fingerprint density at radius 3 is 2.90 bits per heavy atom. The van der Waals surface area contributed by atoms with Crippen molar-refractivity contribution < 1.29 is 9.90 Å². The number of benzene rings is 2. The summed E-state index contributed by atoms with van der Waals surface area (Å²) in [7, 11) is 0. The van der Waals surface area contributed by atoms with Crippen LogP contribution in [0.15, 0.2) is 36.4 Å². The Bertz CT molecular complexity index is 710. The van der Waals surface area contributed by atoms with Crippen LogP contribution < -0.4 is 11.1 Å². The average molecular weight is 282 g/mol. The van der Waals surface area contributed by atoms with Gasteiger partial charge in [0.15, 0.2) is 0 Å². The molecule has 0 bridgehead atoms. The Hall–Kier alpha value is -2.49. The number of carbonyl (C=O) groups is 1. The van der Waals surface area contributed by atoms with Crippen LogP contribution in [0.5, 0.6) is 5.75 Å². The Morgan fingerprint density at radius 1 is 1.29 bits per heavy atom. The van der Waals surface area contributed by atoms with Crippen molar-refractivity contribution in [2.75, 3.05) is 5.73 Å². The van der Waals surface area contributed by atoms with Crippen LogP contribution in [-0.4, -0.2) is 11.0 Å². The van der Waals surface area contributed by atoms with Crippen LogP contribution in [0.25, 0.3) is 0 Å². The third kappa shape index (κ3) is 2.57. The van der Waals surface area contributed by atoms with E-state index in [4.69, 9.17) is 5.73 Å². The number of nitrogens with two attached hydrogens (primary N) is 1. The fraction of sp³-hybridized carbons (Fsp3) is 0.235. The minimum atomic E-state index is -0.245. The van der Waals surface area contributed by atoms with Gasteiger partial charge in [-0.1, -0.05) is 17.7 Å². The molecule has 1 amide bonds. The van der Waals surface area contributed by atoms with Crippen LogP contribution >= 0.6 is 0 Å². The Kier molecular flexibility index (Phi) is 3.29. The summed E-state index contributed by atoms with van der Waals surface area (Å²) < 4.78 is 0. The summed E-state index contributed by atoms with van der Waals surface area (Å²) in [5, 5.41) is 12.8. The number of hydrogen-bond donors (Lipinski definition) is 3. The third-order valence-electron chi connectivity index (χ3n) is 3.95. The highest BCUT2D eigenvalue weighted by atomic mass is 16.3. The first-order valence-corrected chi connectivity index (χ1v) is 7.03. The minimum absolute atomic E-state index is 0.00799. The highest BCUT2D eigenvalue weighted by Gasteiger charge is 2.25. The standard InChI is InChI=1S/C17H18N2O2/c1-10-2-7-16(20)14(8-10)17(21)19-15-6-3-11-9-12(18)4-5-13(11)15/h2,4-5,7-9,15,20H,3,6,18H2,1H3,(H,19,21). The first-order chi connectivity index (χ1) is 10.0. The maximum absolute atomic E-state index is 12.4. The quantitative estimate of drug-likeness (QED) is 0.741. The summed E-state index contributed by atoms with van der Waals surface area (Å²) in [5.74, 6) is -0.237. The van der Waals surface area contributed by atoms with Crippen LogP contribution in [0.4, 0.5) is 5.69 Å². The number of nitrogens with one attached hydrogen (secondary N) is 1. The van der Waals surface area contributed by atoms with Gasteiger partial charge < -0.3 is 16.2 Å². The fourth-order valence-corrected chi connectivity index (χ4v) is 2.86. The van der Waals surface area contributed by atoms with Gasteiger partial charge in [0.05, 0.1) is 11.6 Å². The van der Waals surface area contributed by atoms with E-state index in [1.54, 1.807) is 18.2 Å². The topological polar surface area (TPSA) is 75.3 Å². The molecule has 0 saturated carbocycles. The lowest BCUT2D eigenvalue weighted by Crippen LogP contribution is -2.27. The van der Waals surface area contributed by atoms with Crippen LogP contribution in [0.3, 0.4) is 0 Å². The Labute approximate surface area is 123 Å². The van der Waals surface area contributed by atoms with Gasteiger partial charge in [0, 0.05) is 5.69 Å². The second kappa shape index (κ2) is 5.13. The van der Waals surface area contributed by atoms with Crippen LogP contribution in [0.1, 0.15) is 39.5 Å². The molecule has 0 aliphatic heterocycles. The molecule has 1 aliphatic rings. The minimum Gasteiger partial charge on any atom is -0.507 e. The molecule has 4 heteroatoms. The van der Waals surface area contributed by atoms with Gasteiger partial charge in [0.25, 0.3) is 5.91 Å². The molecule has 0 fully saturated rings. The molecule has 108 valence electrons. The largest absolute Gasteiger partial charge is 0.507 e. The normalized spacial score (nSPS) is 16.5. The molecule has 0 radical (unpaired) electrons. The lowest BCUT2D eigenvalue weighted by atomic mass is 10.1. The molecule has 0 heterocycles. The highest BCUT2D eigenvalue weighted by molar-refractivity contribution is 5.97. The number of nitrogen functional groups attached to an aromatic ring is 1. The molecule has 0 spiro atoms. The molecule has 21 heavy (non-hydrogen) atoms. The molecular formula is C17H18N2O2. The molecular weight excluding hydrogens is 264 g/mol. The maximum Gasteiger partial charge on any atom is 0.255 e. The van der Waals surface area contributed by atoms with Gasteiger partial charge >= 0.3 is 0 Å². The van der Waals surface area contributed by atoms with Crippen LogP contribution in [-0.2, 0) is 6.42 Å². The van der Waals surface area contributed by atoms with E-state index in [2.05, 4.69) is 5.32 Å². The van der Waals surface area contributed by atoms with Crippen molar-refractivity contribution >= 4 is 11.6 Å². The SMILES string of the molecule is Cc1ccc(O)c(C(=O)NC2CCc3cc(N)ccc32)c1. The molecule has 1 unspecified atom stereocenters. The second-order valence-corrected chi connectivity index (χ2v) is 5.54. The zero-order chi connectivity index (χ0) is 15.0. The number of carbonyl (C=O) groups excluding carboxylic acids is 1. The van der Waals surface area contributed by atoms with Gasteiger partial charge in [0.1, 0.15) is 5.75 Å². The molecule has 0 saturated heterocycles. The second-order valence-electron chi connectivity index (χ2n) is 5.54. The van der Waals surface area contributed by atoms with Gasteiger partial charge in [-0.25, -0.2) is 0 Å². The number of rotatable bonds is 2. The first-order valence-electron chi connectivity index (χ1n) is 7.03. The zero-order valence-corrected chi connectivity index (χ0v) is 11.9. The Balaban J connectivity index is 1.82. The lowest BCUT2D eigenvalue weighted by molar-refractivity contribution is 0.0934. The predicted octanol–water partition coefficient (Wildman–Crippen LogP) is 2.70. The summed E-state index contributed by atoms with van der Waals surface area (Å²) >= 11 is 0. The van der Waals surface area contributed by atoms with Crippen molar-refractivity contribution in [3.63, 3.8) is 0 Å². The molecule has 1 atom stereocenters. The molecule has 2 aromatic rings. The number of fused-ring (bicyclic) bond motifs is 1. The predicted molar refractivity (Wildman–Crippen MR) is 82.2 cm³/mol. The van der Waals surface area contributed by atoms with Crippen molar-refractivity contribution in [1.29, 1.82) is 0 Å². The van der Waals surface area contributed by atoms with E-state index in [9.17, 15) is 9.90 Å². The number of phenols is 1. The van der Waals surface area contributed by atoms with E-state index in [-0.39, 0.29) is 17.7 Å². The van der Waals surface area contributed by atoms with E-state index in [0.717, 1.165) is 29.7 Å². The molecule has 3 rings (SSSR count). The Morgan fingerprint density at radius 2 is 2.10 bits per heavy atom. The molecule has 0 aromatic heterocycles. The van der Waals surface area contributed by atoms with Crippen molar-refractivity contribution in [1.82, 2.24) is 5.32 Å². The molecule has 1 aliphatic carbocycles. The number of aromatic hydroxyl groups is 1. The first kappa shape index (κ1) is 13.5. The van der Waals surface area contributed by atoms with Crippen LogP contribution in [0.2, 0.25) is 0 Å². The smallest absolute Gasteiger partial charge is 0.255 e. The van der Waals surface area contributed by atoms with E-state index in [1.807, 2.05) is 25.1 Å². The summed E-state index contributed by atoms with van der Waals surface area (Å²) in [4.78, 5) is 12.4. The monoisotopic (exact) mass is 282 g/mol. The summed E-state index contributed by atoms with van der Waals surface area (Å²) in [6.45, 7) is 1.89. The van der Waals surface area contributed by atoms with Crippen molar-refractivity contribution in [2.24, 2.45) is 0 Å². The number of phenolic OH excluding ortho intramolecular Hbond substituents is 1. The maximum atomic E-state index is 12.4. The number of aryl methyl sites for hydroxylation is 2. The fourth-order valence-electron chi connectivity index (χ4n) is 2.86. The van der Waals surface area contributed by atoms with Gasteiger partial charge in [-0.2, -0.15) is 0 Å². The van der Waals surface area contributed by atoms with Gasteiger partial charge in [-0.15, -0.1) is 0 Å². The van der Waals surface area contributed by atoms with Gasteiger partial charge in [-0.3, -0.25) is 4.79 Å². The van der Waals surface area contributed by atoms with Gasteiger partial charge in [-0.05, 0) is 55.2 Å². The third-order valence-corrected chi connectivity index (χ3v) is 3.95. The summed E-state index contributed by atoms with van der Waals surface area (Å²) in [5.41, 5.74) is 10.1. The van der Waals surface area contributed by atoms with Crippen molar-refractivity contribution in [3.05, 3.63) is 58.7 Å². The highest BCUT2D eigenvalue weighted by Crippen LogP contribution is 2.33. The summed E-state index contributed by atoms with van der Waals surface area (Å²) in [6.07, 6.45) is 1.77. The van der Waals surface area contributed by atoms with Gasteiger partial charge in [0.2, 0.25) is 0 Å². The lowest BCUT2D eigenvalue weighted by Gasteiger charge is -2.15. The van der Waals surface area contributed by atoms with E-state index in [1.165, 1.54) is 5.56 Å². The van der Waals surface area contributed by atoms with Crippen molar-refractivity contribution in [3.8, 4) is 5.75 Å². The van der Waals surface area contributed by atoms with Crippen LogP contribution in [0, 0.1) is 6.92 Å². The average Bonchev–Trinajstić information content (AvgIpc) is 2.83. The number of hydrogen-bond acceptors (Lipinski definition) is 3. The number of anilines is 1. The van der Waals surface area contributed by atoms with Crippen molar-refractivity contribution in [2.45, 2.75) is 25.8 Å². The van der Waals surface area contributed by atoms with E-state index in [0.29, 0.717) is 5.56 Å². The molecule has 2 aromatic carbocycles.